The van der Waals surface area contributed by atoms with E-state index in [0.717, 1.165) is 5.56 Å². The lowest BCUT2D eigenvalue weighted by atomic mass is 10.2. The van der Waals surface area contributed by atoms with Gasteiger partial charge in [0.25, 0.3) is 0 Å². The lowest BCUT2D eigenvalue weighted by Gasteiger charge is -2.09. The van der Waals surface area contributed by atoms with Crippen molar-refractivity contribution in [2.75, 3.05) is 6.54 Å². The average Bonchev–Trinajstić information content (AvgIpc) is 2.36. The smallest absolute Gasteiger partial charge is 0.332 e. The zero-order valence-corrected chi connectivity index (χ0v) is 10.9. The fourth-order valence-corrected chi connectivity index (χ4v) is 1.55. The summed E-state index contributed by atoms with van der Waals surface area (Å²) in [5, 5.41) is 23.1. The minimum absolute atomic E-state index is 0.0417. The highest BCUT2D eigenvalue weighted by Gasteiger charge is 2.12. The van der Waals surface area contributed by atoms with Gasteiger partial charge in [0.15, 0.2) is 6.10 Å². The van der Waals surface area contributed by atoms with E-state index in [1.54, 1.807) is 18.2 Å². The van der Waals surface area contributed by atoms with Crippen molar-refractivity contribution in [2.45, 2.75) is 19.1 Å². The van der Waals surface area contributed by atoms with Crippen LogP contribution in [0.1, 0.15) is 12.0 Å². The Morgan fingerprint density at radius 2 is 2.05 bits per heavy atom. The number of rotatable bonds is 6. The standard InChI is InChI=1S/C12H15ClN2O4/c13-9-3-1-2-8(6-9)7-15-12(19)14-5-4-10(16)11(17)18/h1-3,6,10,16H,4-5,7H2,(H,17,18)(H2,14,15,19). The molecule has 6 nitrogen and oxygen atoms in total. The van der Waals surface area contributed by atoms with E-state index in [-0.39, 0.29) is 13.0 Å². The molecule has 0 aliphatic carbocycles. The molecule has 104 valence electrons. The first kappa shape index (κ1) is 15.3. The molecule has 0 saturated heterocycles. The van der Waals surface area contributed by atoms with Crippen LogP contribution in [-0.4, -0.2) is 34.9 Å². The minimum atomic E-state index is -1.46. The van der Waals surface area contributed by atoms with E-state index in [9.17, 15) is 9.59 Å². The van der Waals surface area contributed by atoms with Crippen LogP contribution in [0.15, 0.2) is 24.3 Å². The van der Waals surface area contributed by atoms with Gasteiger partial charge in [-0.25, -0.2) is 9.59 Å². The molecular weight excluding hydrogens is 272 g/mol. The first-order chi connectivity index (χ1) is 8.99. The van der Waals surface area contributed by atoms with Gasteiger partial charge in [0, 0.05) is 24.5 Å². The van der Waals surface area contributed by atoms with Crippen molar-refractivity contribution in [3.63, 3.8) is 0 Å². The second kappa shape index (κ2) is 7.60. The third kappa shape index (κ3) is 6.08. The molecule has 1 aromatic rings. The van der Waals surface area contributed by atoms with Crippen LogP contribution in [0.25, 0.3) is 0 Å². The number of carbonyl (C=O) groups excluding carboxylic acids is 1. The number of nitrogens with one attached hydrogen (secondary N) is 2. The van der Waals surface area contributed by atoms with Crippen LogP contribution in [0, 0.1) is 0 Å². The van der Waals surface area contributed by atoms with Crippen molar-refractivity contribution in [1.82, 2.24) is 10.6 Å². The van der Waals surface area contributed by atoms with E-state index in [1.807, 2.05) is 6.07 Å². The summed E-state index contributed by atoms with van der Waals surface area (Å²) in [6.45, 7) is 0.392. The summed E-state index contributed by atoms with van der Waals surface area (Å²) in [5.41, 5.74) is 0.855. The molecule has 0 fully saturated rings. The van der Waals surface area contributed by atoms with Crippen LogP contribution in [0.2, 0.25) is 5.02 Å². The molecule has 1 unspecified atom stereocenters. The van der Waals surface area contributed by atoms with Gasteiger partial charge in [-0.2, -0.15) is 0 Å². The Morgan fingerprint density at radius 3 is 2.68 bits per heavy atom. The van der Waals surface area contributed by atoms with Gasteiger partial charge in [0.2, 0.25) is 0 Å². The Kier molecular flexibility index (Phi) is 6.11. The molecule has 19 heavy (non-hydrogen) atoms. The molecule has 7 heteroatoms. The molecule has 0 heterocycles. The predicted octanol–water partition coefficient (Wildman–Crippen LogP) is 0.975. The number of carboxylic acids is 1. The average molecular weight is 287 g/mol. The van der Waals surface area contributed by atoms with Crippen molar-refractivity contribution in [3.8, 4) is 0 Å². The molecular formula is C12H15ClN2O4. The Hall–Kier alpha value is -1.79. The molecule has 0 bridgehead atoms. The number of hydrogen-bond acceptors (Lipinski definition) is 3. The molecule has 0 aromatic heterocycles. The third-order valence-electron chi connectivity index (χ3n) is 2.33. The second-order valence-electron chi connectivity index (χ2n) is 3.88. The molecule has 1 aromatic carbocycles. The number of amides is 2. The number of hydrogen-bond donors (Lipinski definition) is 4. The summed E-state index contributed by atoms with van der Waals surface area (Å²) in [6, 6.07) is 6.63. The number of benzene rings is 1. The molecule has 1 rings (SSSR count). The van der Waals surface area contributed by atoms with E-state index in [0.29, 0.717) is 11.6 Å². The first-order valence-electron chi connectivity index (χ1n) is 5.66. The van der Waals surface area contributed by atoms with E-state index < -0.39 is 18.1 Å². The molecule has 0 radical (unpaired) electrons. The van der Waals surface area contributed by atoms with Gasteiger partial charge in [-0.15, -0.1) is 0 Å². The maximum Gasteiger partial charge on any atom is 0.332 e. The zero-order valence-electron chi connectivity index (χ0n) is 10.1. The van der Waals surface area contributed by atoms with Crippen LogP contribution in [0.5, 0.6) is 0 Å². The first-order valence-corrected chi connectivity index (χ1v) is 6.04. The van der Waals surface area contributed by atoms with Crippen molar-refractivity contribution in [2.24, 2.45) is 0 Å². The number of aliphatic hydroxyl groups is 1. The fourth-order valence-electron chi connectivity index (χ4n) is 1.34. The van der Waals surface area contributed by atoms with Gasteiger partial charge < -0.3 is 20.8 Å². The maximum absolute atomic E-state index is 11.4. The normalized spacial score (nSPS) is 11.7. The van der Waals surface area contributed by atoms with Gasteiger partial charge in [-0.05, 0) is 17.7 Å². The number of halogens is 1. The van der Waals surface area contributed by atoms with Crippen molar-refractivity contribution >= 4 is 23.6 Å². The summed E-state index contributed by atoms with van der Waals surface area (Å²) in [7, 11) is 0. The monoisotopic (exact) mass is 286 g/mol. The van der Waals surface area contributed by atoms with Gasteiger partial charge >= 0.3 is 12.0 Å². The van der Waals surface area contributed by atoms with Crippen LogP contribution in [-0.2, 0) is 11.3 Å². The summed E-state index contributed by atoms with van der Waals surface area (Å²) >= 11 is 5.80. The number of urea groups is 1. The number of carboxylic acid groups (broad SMARTS) is 1. The molecule has 4 N–H and O–H groups in total. The third-order valence-corrected chi connectivity index (χ3v) is 2.57. The highest BCUT2D eigenvalue weighted by Crippen LogP contribution is 2.10. The van der Waals surface area contributed by atoms with Gasteiger partial charge in [0.05, 0.1) is 0 Å². The SMILES string of the molecule is O=C(NCCC(O)C(=O)O)NCc1cccc(Cl)c1. The largest absolute Gasteiger partial charge is 0.479 e. The quantitative estimate of drug-likeness (QED) is 0.626. The number of carbonyl (C=O) groups is 2. The number of aliphatic carboxylic acids is 1. The molecule has 2 amide bonds. The summed E-state index contributed by atoms with van der Waals surface area (Å²) < 4.78 is 0. The minimum Gasteiger partial charge on any atom is -0.479 e. The fraction of sp³-hybridized carbons (Fsp3) is 0.333. The van der Waals surface area contributed by atoms with E-state index in [4.69, 9.17) is 21.8 Å². The highest BCUT2D eigenvalue weighted by molar-refractivity contribution is 6.30. The van der Waals surface area contributed by atoms with Crippen molar-refractivity contribution < 1.29 is 19.8 Å². The highest BCUT2D eigenvalue weighted by atomic mass is 35.5. The summed E-state index contributed by atoms with van der Waals surface area (Å²) in [4.78, 5) is 21.7. The lowest BCUT2D eigenvalue weighted by molar-refractivity contribution is -0.146. The topological polar surface area (TPSA) is 98.7 Å². The Balaban J connectivity index is 2.23. The van der Waals surface area contributed by atoms with E-state index in [2.05, 4.69) is 10.6 Å². The van der Waals surface area contributed by atoms with Crippen LogP contribution >= 0.6 is 11.6 Å². The van der Waals surface area contributed by atoms with Crippen LogP contribution in [0.4, 0.5) is 4.79 Å². The lowest BCUT2D eigenvalue weighted by Crippen LogP contribution is -2.37. The van der Waals surface area contributed by atoms with Crippen molar-refractivity contribution in [1.29, 1.82) is 0 Å². The van der Waals surface area contributed by atoms with Crippen molar-refractivity contribution in [3.05, 3.63) is 34.9 Å². The molecule has 0 aliphatic heterocycles. The Bertz CT molecular complexity index is 453. The maximum atomic E-state index is 11.4. The van der Waals surface area contributed by atoms with E-state index >= 15 is 0 Å². The molecule has 1 atom stereocenters. The molecule has 0 saturated carbocycles. The Labute approximate surface area is 115 Å². The van der Waals surface area contributed by atoms with Gasteiger partial charge in [-0.3, -0.25) is 0 Å². The number of aliphatic hydroxyl groups excluding tert-OH is 1. The summed E-state index contributed by atoms with van der Waals surface area (Å²) in [5.74, 6) is -1.30. The molecule has 0 aliphatic rings. The second-order valence-corrected chi connectivity index (χ2v) is 4.32. The Morgan fingerprint density at radius 1 is 1.32 bits per heavy atom. The van der Waals surface area contributed by atoms with Gasteiger partial charge in [-0.1, -0.05) is 23.7 Å². The van der Waals surface area contributed by atoms with E-state index in [1.165, 1.54) is 0 Å². The predicted molar refractivity (Wildman–Crippen MR) is 70.0 cm³/mol. The van der Waals surface area contributed by atoms with Gasteiger partial charge in [0.1, 0.15) is 0 Å². The van der Waals surface area contributed by atoms with Crippen LogP contribution in [0.3, 0.4) is 0 Å². The zero-order chi connectivity index (χ0) is 14.3. The van der Waals surface area contributed by atoms with Crippen LogP contribution < -0.4 is 10.6 Å². The summed E-state index contributed by atoms with van der Waals surface area (Å²) in [6.07, 6.45) is -1.51. The molecule has 0 spiro atoms.